The van der Waals surface area contributed by atoms with Crippen LogP contribution in [0.4, 0.5) is 5.69 Å². The number of thioether (sulfide) groups is 1. The summed E-state index contributed by atoms with van der Waals surface area (Å²) in [4.78, 5) is 27.7. The Labute approximate surface area is 191 Å². The number of carbonyl (C=O) groups excluding carboxylic acids is 2. The smallest absolute Gasteiger partial charge is 0.266 e. The summed E-state index contributed by atoms with van der Waals surface area (Å²) in [6.45, 7) is -0.122. The fourth-order valence-corrected chi connectivity index (χ4v) is 5.26. The summed E-state index contributed by atoms with van der Waals surface area (Å²) in [5, 5.41) is 2.80. The fourth-order valence-electron chi connectivity index (χ4n) is 3.87. The minimum absolute atomic E-state index is 0.0291. The van der Waals surface area contributed by atoms with Gasteiger partial charge >= 0.3 is 0 Å². The number of hydrogen-bond donors (Lipinski definition) is 1. The number of para-hydroxylation sites is 2. The third kappa shape index (κ3) is 5.35. The summed E-state index contributed by atoms with van der Waals surface area (Å²) < 4.78 is 6.39. The fraction of sp³-hybridized carbons (Fsp3) is 0.292. The Morgan fingerprint density at radius 1 is 1.10 bits per heavy atom. The quantitative estimate of drug-likeness (QED) is 0.480. The lowest BCUT2D eigenvalue weighted by Crippen LogP contribution is -2.39. The molecule has 2 aromatic rings. The van der Waals surface area contributed by atoms with Crippen LogP contribution in [-0.2, 0) is 9.59 Å². The highest BCUT2D eigenvalue weighted by Gasteiger charge is 2.37. The average molecular weight is 453 g/mol. The molecule has 0 radical (unpaired) electrons. The molecule has 5 nitrogen and oxygen atoms in total. The highest BCUT2D eigenvalue weighted by Crippen LogP contribution is 2.38. The highest BCUT2D eigenvalue weighted by atomic mass is 32.2. The van der Waals surface area contributed by atoms with E-state index in [0.29, 0.717) is 15.0 Å². The van der Waals surface area contributed by atoms with Crippen LogP contribution in [0.1, 0.15) is 37.7 Å². The van der Waals surface area contributed by atoms with Crippen LogP contribution in [0.5, 0.6) is 5.75 Å². The van der Waals surface area contributed by atoms with Crippen LogP contribution in [0.15, 0.2) is 59.5 Å². The van der Waals surface area contributed by atoms with E-state index in [4.69, 9.17) is 17.0 Å². The summed E-state index contributed by atoms with van der Waals surface area (Å²) in [5.74, 6) is 0.275. The number of anilines is 1. The molecule has 1 saturated carbocycles. The van der Waals surface area contributed by atoms with Crippen LogP contribution in [0.2, 0.25) is 0 Å². The maximum Gasteiger partial charge on any atom is 0.266 e. The second-order valence-electron chi connectivity index (χ2n) is 7.58. The molecule has 1 heterocycles. The zero-order valence-electron chi connectivity index (χ0n) is 17.1. The Bertz CT molecular complexity index is 1000. The second-order valence-corrected chi connectivity index (χ2v) is 9.26. The molecule has 160 valence electrons. The molecule has 1 N–H and O–H groups in total. The molecule has 7 heteroatoms. The van der Waals surface area contributed by atoms with Crippen molar-refractivity contribution >= 4 is 51.9 Å². The molecule has 0 unspecified atom stereocenters. The van der Waals surface area contributed by atoms with E-state index in [1.54, 1.807) is 11.0 Å². The van der Waals surface area contributed by atoms with Gasteiger partial charge in [-0.3, -0.25) is 14.5 Å². The van der Waals surface area contributed by atoms with Gasteiger partial charge in [-0.05, 0) is 37.1 Å². The molecule has 2 aliphatic rings. The molecule has 0 spiro atoms. The molecule has 2 aromatic carbocycles. The molecule has 2 amide bonds. The van der Waals surface area contributed by atoms with Gasteiger partial charge in [-0.1, -0.05) is 79.6 Å². The first kappa shape index (κ1) is 21.6. The Hall–Kier alpha value is -2.64. The summed E-state index contributed by atoms with van der Waals surface area (Å²) in [7, 11) is 0. The second kappa shape index (κ2) is 10.1. The molecule has 4 rings (SSSR count). The minimum atomic E-state index is -0.246. The van der Waals surface area contributed by atoms with Gasteiger partial charge in [0.25, 0.3) is 11.8 Å². The van der Waals surface area contributed by atoms with Crippen LogP contribution >= 0.6 is 24.0 Å². The molecular weight excluding hydrogens is 428 g/mol. The van der Waals surface area contributed by atoms with Crippen molar-refractivity contribution in [3.8, 4) is 5.75 Å². The van der Waals surface area contributed by atoms with Crippen molar-refractivity contribution in [2.45, 2.75) is 38.1 Å². The first-order valence-corrected chi connectivity index (χ1v) is 11.7. The van der Waals surface area contributed by atoms with Crippen LogP contribution in [0.25, 0.3) is 6.08 Å². The minimum Gasteiger partial charge on any atom is -0.483 e. The topological polar surface area (TPSA) is 58.6 Å². The van der Waals surface area contributed by atoms with E-state index in [0.717, 1.165) is 36.9 Å². The number of benzene rings is 2. The van der Waals surface area contributed by atoms with Crippen molar-refractivity contribution in [1.29, 1.82) is 0 Å². The Kier molecular flexibility index (Phi) is 7.04. The van der Waals surface area contributed by atoms with Crippen molar-refractivity contribution in [3.05, 3.63) is 65.1 Å². The van der Waals surface area contributed by atoms with Crippen molar-refractivity contribution < 1.29 is 14.3 Å². The standard InChI is InChI=1S/C24H24N2O3S2/c27-22(25-18-10-3-1-4-11-18)16-29-20-14-8-7-9-17(20)15-21-23(28)26(24(30)31-21)19-12-5-2-6-13-19/h1,3-4,7-11,14-15,19H,2,5-6,12-13,16H2,(H,25,27). The molecule has 1 saturated heterocycles. The Morgan fingerprint density at radius 3 is 2.58 bits per heavy atom. The van der Waals surface area contributed by atoms with Gasteiger partial charge in [0.2, 0.25) is 0 Å². The molecule has 0 aromatic heterocycles. The van der Waals surface area contributed by atoms with Gasteiger partial charge in [0.05, 0.1) is 4.91 Å². The number of rotatable bonds is 6. The van der Waals surface area contributed by atoms with Crippen LogP contribution in [0, 0.1) is 0 Å². The maximum atomic E-state index is 13.0. The van der Waals surface area contributed by atoms with Gasteiger partial charge in [-0.15, -0.1) is 0 Å². The molecular formula is C24H24N2O3S2. The summed E-state index contributed by atoms with van der Waals surface area (Å²) in [5.41, 5.74) is 1.47. The van der Waals surface area contributed by atoms with Crippen LogP contribution < -0.4 is 10.1 Å². The van der Waals surface area contributed by atoms with Gasteiger partial charge in [-0.2, -0.15) is 0 Å². The lowest BCUT2D eigenvalue weighted by Gasteiger charge is -2.29. The van der Waals surface area contributed by atoms with Gasteiger partial charge in [0.1, 0.15) is 10.1 Å². The Balaban J connectivity index is 1.44. The van der Waals surface area contributed by atoms with Crippen LogP contribution in [0.3, 0.4) is 0 Å². The van der Waals surface area contributed by atoms with Crippen molar-refractivity contribution in [2.75, 3.05) is 11.9 Å². The maximum absolute atomic E-state index is 13.0. The molecule has 2 fully saturated rings. The highest BCUT2D eigenvalue weighted by molar-refractivity contribution is 8.26. The molecule has 1 aliphatic carbocycles. The SMILES string of the molecule is O=C(COc1ccccc1C=C1SC(=S)N(C2CCCCC2)C1=O)Nc1ccccc1. The third-order valence-corrected chi connectivity index (χ3v) is 6.72. The predicted octanol–water partition coefficient (Wildman–Crippen LogP) is 5.24. The largest absolute Gasteiger partial charge is 0.483 e. The zero-order valence-corrected chi connectivity index (χ0v) is 18.7. The predicted molar refractivity (Wildman–Crippen MR) is 129 cm³/mol. The number of carbonyl (C=O) groups is 2. The van der Waals surface area contributed by atoms with E-state index in [9.17, 15) is 9.59 Å². The van der Waals surface area contributed by atoms with E-state index in [-0.39, 0.29) is 24.5 Å². The lowest BCUT2D eigenvalue weighted by atomic mass is 9.94. The van der Waals surface area contributed by atoms with E-state index in [1.807, 2.05) is 54.6 Å². The van der Waals surface area contributed by atoms with E-state index < -0.39 is 0 Å². The van der Waals surface area contributed by atoms with E-state index in [1.165, 1.54) is 18.2 Å². The first-order valence-electron chi connectivity index (χ1n) is 10.5. The molecule has 0 bridgehead atoms. The average Bonchev–Trinajstić information content (AvgIpc) is 3.07. The lowest BCUT2D eigenvalue weighted by molar-refractivity contribution is -0.124. The third-order valence-electron chi connectivity index (χ3n) is 5.39. The monoisotopic (exact) mass is 452 g/mol. The van der Waals surface area contributed by atoms with Gasteiger partial charge in [0.15, 0.2) is 6.61 Å². The van der Waals surface area contributed by atoms with Gasteiger partial charge in [-0.25, -0.2) is 0 Å². The number of amides is 2. The first-order chi connectivity index (χ1) is 15.1. The number of nitrogens with zero attached hydrogens (tertiary/aromatic N) is 1. The number of hydrogen-bond acceptors (Lipinski definition) is 5. The molecule has 31 heavy (non-hydrogen) atoms. The van der Waals surface area contributed by atoms with Gasteiger partial charge < -0.3 is 10.1 Å². The summed E-state index contributed by atoms with van der Waals surface area (Å²) >= 11 is 6.85. The van der Waals surface area contributed by atoms with Crippen molar-refractivity contribution in [3.63, 3.8) is 0 Å². The van der Waals surface area contributed by atoms with E-state index >= 15 is 0 Å². The normalized spacial score (nSPS) is 18.5. The number of thiocarbonyl (C=S) groups is 1. The summed E-state index contributed by atoms with van der Waals surface area (Å²) in [6.07, 6.45) is 7.34. The van der Waals surface area contributed by atoms with Crippen molar-refractivity contribution in [1.82, 2.24) is 4.90 Å². The van der Waals surface area contributed by atoms with E-state index in [2.05, 4.69) is 5.32 Å². The van der Waals surface area contributed by atoms with Crippen molar-refractivity contribution in [2.24, 2.45) is 0 Å². The number of nitrogens with one attached hydrogen (secondary N) is 1. The number of ether oxygens (including phenoxy) is 1. The zero-order chi connectivity index (χ0) is 21.6. The molecule has 0 atom stereocenters. The Morgan fingerprint density at radius 2 is 1.81 bits per heavy atom. The van der Waals surface area contributed by atoms with Crippen LogP contribution in [-0.4, -0.2) is 33.7 Å². The van der Waals surface area contributed by atoms with Gasteiger partial charge in [0, 0.05) is 17.3 Å². The summed E-state index contributed by atoms with van der Waals surface area (Å²) in [6, 6.07) is 16.8. The molecule has 1 aliphatic heterocycles.